The van der Waals surface area contributed by atoms with E-state index in [2.05, 4.69) is 25.7 Å². The molecule has 1 aliphatic heterocycles. The molecular formula is C13H15N5O4. The van der Waals surface area contributed by atoms with Crippen molar-refractivity contribution in [3.63, 3.8) is 0 Å². The Morgan fingerprint density at radius 1 is 1.50 bits per heavy atom. The number of nitrogens with one attached hydrogen (secondary N) is 3. The van der Waals surface area contributed by atoms with Gasteiger partial charge in [0.15, 0.2) is 0 Å². The number of hydrogen-bond acceptors (Lipinski definition) is 8. The Kier molecular flexibility index (Phi) is 4.57. The topological polar surface area (TPSA) is 118 Å². The molecule has 0 bridgehead atoms. The fourth-order valence-electron chi connectivity index (χ4n) is 1.85. The highest BCUT2D eigenvalue weighted by Crippen LogP contribution is 2.26. The third-order valence-corrected chi connectivity index (χ3v) is 2.95. The molecule has 1 aliphatic rings. The highest BCUT2D eigenvalue weighted by Gasteiger charge is 2.19. The second-order valence-electron chi connectivity index (χ2n) is 4.29. The number of rotatable bonds is 4. The Hall–Kier alpha value is -3.10. The summed E-state index contributed by atoms with van der Waals surface area (Å²) in [6, 6.07) is 4.06. The zero-order valence-electron chi connectivity index (χ0n) is 12.0. The van der Waals surface area contributed by atoms with Crippen LogP contribution in [-0.4, -0.2) is 37.6 Å². The summed E-state index contributed by atoms with van der Waals surface area (Å²) in [6.07, 6.45) is 1.68. The number of hydrogen-bond donors (Lipinski definition) is 3. The summed E-state index contributed by atoms with van der Waals surface area (Å²) >= 11 is 0. The Morgan fingerprint density at radius 2 is 2.27 bits per heavy atom. The second-order valence-corrected chi connectivity index (χ2v) is 4.29. The molecule has 0 aromatic heterocycles. The minimum absolute atomic E-state index is 0.110. The molecule has 1 heterocycles. The maximum atomic E-state index is 11.5. The van der Waals surface area contributed by atoms with Gasteiger partial charge in [0.25, 0.3) is 5.69 Å². The summed E-state index contributed by atoms with van der Waals surface area (Å²) in [4.78, 5) is 26.2. The van der Waals surface area contributed by atoms with Gasteiger partial charge in [-0.2, -0.15) is 0 Å². The SMILES string of the molecule is CNC1=CC(Nc2ccc(C(=O)OC)cc2[N+](=O)[O-])=NCN1. The molecule has 0 amide bonds. The van der Waals surface area contributed by atoms with Crippen LogP contribution in [0.1, 0.15) is 10.4 Å². The van der Waals surface area contributed by atoms with E-state index in [1.165, 1.54) is 25.3 Å². The largest absolute Gasteiger partial charge is 0.465 e. The molecule has 1 aromatic rings. The standard InChI is InChI=1S/C13H15N5O4/c1-14-11-6-12(16-7-15-11)17-9-4-3-8(13(19)22-2)5-10(9)18(20)21/h3-6,14-15H,7H2,1-2H3,(H,16,17). The molecule has 0 spiro atoms. The molecule has 2 rings (SSSR count). The lowest BCUT2D eigenvalue weighted by molar-refractivity contribution is -0.383. The van der Waals surface area contributed by atoms with E-state index in [0.717, 1.165) is 5.82 Å². The Balaban J connectivity index is 2.31. The van der Waals surface area contributed by atoms with Crippen LogP contribution in [0.15, 0.2) is 35.1 Å². The highest BCUT2D eigenvalue weighted by molar-refractivity contribution is 6.06. The first-order valence-electron chi connectivity index (χ1n) is 6.36. The molecule has 0 fully saturated rings. The summed E-state index contributed by atoms with van der Waals surface area (Å²) in [5.74, 6) is 0.578. The van der Waals surface area contributed by atoms with Crippen LogP contribution in [0.25, 0.3) is 0 Å². The first-order chi connectivity index (χ1) is 10.5. The quantitative estimate of drug-likeness (QED) is 0.428. The van der Waals surface area contributed by atoms with Crippen LogP contribution >= 0.6 is 0 Å². The number of esters is 1. The number of benzene rings is 1. The first kappa shape index (κ1) is 15.3. The van der Waals surface area contributed by atoms with E-state index in [1.54, 1.807) is 13.1 Å². The van der Waals surface area contributed by atoms with Crippen LogP contribution in [-0.2, 0) is 4.74 Å². The molecule has 0 unspecified atom stereocenters. The predicted molar refractivity (Wildman–Crippen MR) is 80.6 cm³/mol. The average molecular weight is 305 g/mol. The molecule has 0 saturated heterocycles. The van der Waals surface area contributed by atoms with Gasteiger partial charge >= 0.3 is 5.97 Å². The van der Waals surface area contributed by atoms with E-state index in [1.807, 2.05) is 0 Å². The van der Waals surface area contributed by atoms with Crippen molar-refractivity contribution in [1.82, 2.24) is 10.6 Å². The Labute approximate surface area is 126 Å². The third-order valence-electron chi connectivity index (χ3n) is 2.95. The number of aliphatic imine (C=N–C) groups is 1. The van der Waals surface area contributed by atoms with E-state index in [0.29, 0.717) is 12.5 Å². The van der Waals surface area contributed by atoms with Gasteiger partial charge in [-0.15, -0.1) is 0 Å². The molecule has 3 N–H and O–H groups in total. The van der Waals surface area contributed by atoms with Crippen molar-refractivity contribution in [3.8, 4) is 0 Å². The van der Waals surface area contributed by atoms with Crippen LogP contribution in [0.4, 0.5) is 11.4 Å². The van der Waals surface area contributed by atoms with Gasteiger partial charge in [0.1, 0.15) is 24.0 Å². The van der Waals surface area contributed by atoms with E-state index < -0.39 is 10.9 Å². The third kappa shape index (κ3) is 3.32. The normalized spacial score (nSPS) is 13.4. The van der Waals surface area contributed by atoms with Crippen LogP contribution < -0.4 is 16.0 Å². The van der Waals surface area contributed by atoms with Crippen molar-refractivity contribution in [3.05, 3.63) is 45.8 Å². The van der Waals surface area contributed by atoms with Crippen LogP contribution in [0.5, 0.6) is 0 Å². The monoisotopic (exact) mass is 305 g/mol. The summed E-state index contributed by atoms with van der Waals surface area (Å²) in [7, 11) is 2.96. The molecular weight excluding hydrogens is 290 g/mol. The van der Waals surface area contributed by atoms with Crippen molar-refractivity contribution in [2.45, 2.75) is 0 Å². The number of nitrogens with zero attached hydrogens (tertiary/aromatic N) is 2. The van der Waals surface area contributed by atoms with Crippen LogP contribution in [0, 0.1) is 10.1 Å². The van der Waals surface area contributed by atoms with Crippen LogP contribution in [0.2, 0.25) is 0 Å². The maximum Gasteiger partial charge on any atom is 0.338 e. The van der Waals surface area contributed by atoms with Gasteiger partial charge in [0.2, 0.25) is 0 Å². The molecule has 9 nitrogen and oxygen atoms in total. The number of ether oxygens (including phenoxy) is 1. The van der Waals surface area contributed by atoms with Crippen molar-refractivity contribution < 1.29 is 14.5 Å². The maximum absolute atomic E-state index is 11.5. The second kappa shape index (κ2) is 6.57. The van der Waals surface area contributed by atoms with Gasteiger partial charge < -0.3 is 20.7 Å². The van der Waals surface area contributed by atoms with E-state index in [-0.39, 0.29) is 16.9 Å². The van der Waals surface area contributed by atoms with Crippen LogP contribution in [0.3, 0.4) is 0 Å². The van der Waals surface area contributed by atoms with E-state index in [9.17, 15) is 14.9 Å². The van der Waals surface area contributed by atoms with Gasteiger partial charge in [-0.05, 0) is 12.1 Å². The molecule has 0 radical (unpaired) electrons. The van der Waals surface area contributed by atoms with Gasteiger partial charge in [0, 0.05) is 19.2 Å². The highest BCUT2D eigenvalue weighted by atomic mass is 16.6. The van der Waals surface area contributed by atoms with Gasteiger partial charge in [-0.25, -0.2) is 9.79 Å². The number of methoxy groups -OCH3 is 1. The molecule has 9 heteroatoms. The van der Waals surface area contributed by atoms with Crippen molar-refractivity contribution in [1.29, 1.82) is 0 Å². The molecule has 0 aliphatic carbocycles. The van der Waals surface area contributed by atoms with Crippen molar-refractivity contribution >= 4 is 23.2 Å². The minimum Gasteiger partial charge on any atom is -0.465 e. The molecule has 0 saturated carbocycles. The smallest absolute Gasteiger partial charge is 0.338 e. The fraction of sp³-hybridized carbons (Fsp3) is 0.231. The lowest BCUT2D eigenvalue weighted by atomic mass is 10.1. The number of nitro benzene ring substituents is 1. The zero-order chi connectivity index (χ0) is 16.1. The van der Waals surface area contributed by atoms with E-state index in [4.69, 9.17) is 0 Å². The summed E-state index contributed by atoms with van der Waals surface area (Å²) < 4.78 is 4.56. The number of anilines is 1. The fourth-order valence-corrected chi connectivity index (χ4v) is 1.85. The lowest BCUT2D eigenvalue weighted by Crippen LogP contribution is -2.30. The molecule has 116 valence electrons. The van der Waals surface area contributed by atoms with Gasteiger partial charge in [-0.1, -0.05) is 0 Å². The summed E-state index contributed by atoms with van der Waals surface area (Å²) in [5, 5.41) is 20.0. The molecule has 1 aromatic carbocycles. The summed E-state index contributed by atoms with van der Waals surface area (Å²) in [5.41, 5.74) is 0.118. The number of amidine groups is 1. The number of carbonyl (C=O) groups is 1. The van der Waals surface area contributed by atoms with Gasteiger partial charge in [0.05, 0.1) is 17.6 Å². The van der Waals surface area contributed by atoms with Crippen molar-refractivity contribution in [2.24, 2.45) is 4.99 Å². The number of nitro groups is 1. The average Bonchev–Trinajstić information content (AvgIpc) is 2.54. The lowest BCUT2D eigenvalue weighted by Gasteiger charge is -2.16. The first-order valence-corrected chi connectivity index (χ1v) is 6.36. The Morgan fingerprint density at radius 3 is 2.91 bits per heavy atom. The predicted octanol–water partition coefficient (Wildman–Crippen LogP) is 0.813. The number of carbonyl (C=O) groups excluding carboxylic acids is 1. The summed E-state index contributed by atoms with van der Waals surface area (Å²) in [6.45, 7) is 0.350. The zero-order valence-corrected chi connectivity index (χ0v) is 12.0. The molecule has 22 heavy (non-hydrogen) atoms. The van der Waals surface area contributed by atoms with E-state index >= 15 is 0 Å². The Bertz CT molecular complexity index is 668. The minimum atomic E-state index is -0.633. The molecule has 0 atom stereocenters. The van der Waals surface area contributed by atoms with Gasteiger partial charge in [-0.3, -0.25) is 10.1 Å². The van der Waals surface area contributed by atoms with Crippen molar-refractivity contribution in [2.75, 3.05) is 26.1 Å².